The van der Waals surface area contributed by atoms with Gasteiger partial charge in [-0.25, -0.2) is 0 Å². The van der Waals surface area contributed by atoms with Crippen molar-refractivity contribution < 1.29 is 9.47 Å². The number of aromatic nitrogens is 2. The maximum absolute atomic E-state index is 7.01. The highest BCUT2D eigenvalue weighted by atomic mass is 16.5. The van der Waals surface area contributed by atoms with E-state index in [1.165, 1.54) is 66.1 Å². The lowest BCUT2D eigenvalue weighted by molar-refractivity contribution is 0.481. The van der Waals surface area contributed by atoms with Crippen molar-refractivity contribution in [3.63, 3.8) is 0 Å². The highest BCUT2D eigenvalue weighted by Crippen LogP contribution is 2.59. The molecule has 0 saturated carbocycles. The lowest BCUT2D eigenvalue weighted by Crippen LogP contribution is -2.19. The molecule has 0 bridgehead atoms. The molecule has 0 fully saturated rings. The van der Waals surface area contributed by atoms with E-state index in [0.29, 0.717) is 0 Å². The smallest absolute Gasteiger partial charge is 0.178 e. The van der Waals surface area contributed by atoms with E-state index in [4.69, 9.17) is 9.47 Å². The predicted molar refractivity (Wildman–Crippen MR) is 482 cm³/mol. The Kier molecular flexibility index (Phi) is 17.4. The van der Waals surface area contributed by atoms with Crippen molar-refractivity contribution in [2.45, 2.75) is 0 Å². The molecule has 116 heavy (non-hydrogen) atoms. The first-order valence-electron chi connectivity index (χ1n) is 39.4. The Morgan fingerprint density at radius 3 is 0.836 bits per heavy atom. The summed E-state index contributed by atoms with van der Waals surface area (Å²) in [5.41, 5.74) is 24.1. The Bertz CT molecular complexity index is 6760. The fraction of sp³-hybridized carbons (Fsp3) is 0. The minimum absolute atomic E-state index is 0.790. The summed E-state index contributed by atoms with van der Waals surface area (Å²) >= 11 is 0. The Morgan fingerprint density at radius 1 is 0.198 bits per heavy atom. The second kappa shape index (κ2) is 29.6. The van der Waals surface area contributed by atoms with Gasteiger partial charge in [-0.1, -0.05) is 291 Å². The lowest BCUT2D eigenvalue weighted by Gasteiger charge is -2.34. The number of hydrogen-bond acceptors (Lipinski definition) is 6. The molecule has 2 aromatic heterocycles. The van der Waals surface area contributed by atoms with Crippen LogP contribution < -0.4 is 29.1 Å². The quantitative estimate of drug-likeness (QED) is 0.108. The van der Waals surface area contributed by atoms with E-state index in [1.54, 1.807) is 0 Å². The van der Waals surface area contributed by atoms with Gasteiger partial charge in [-0.05, 0) is 224 Å². The van der Waals surface area contributed by atoms with E-state index in [9.17, 15) is 0 Å². The SMILES string of the molecule is c1ccc(-c2ccc(N(c3ccc(-c4ccccc4)cc3)c3ccc4c(c3)N(c3ccccc3)c3c(c5ccccc5n3-c3ccccc3)O4)cc2)cc1.c1ccc(N2c3cc(N(c4ccc(-c5cccc6ccccc56)cc4)c4ccc(-c5cccc6ccccc56)cc4)ccc3Oc3c2n(-c2ccccc2)c2ccccc32)cc1. The van der Waals surface area contributed by atoms with Gasteiger partial charge in [0, 0.05) is 67.6 Å². The van der Waals surface area contributed by atoms with E-state index < -0.39 is 0 Å². The van der Waals surface area contributed by atoms with Crippen LogP contribution >= 0.6 is 0 Å². The van der Waals surface area contributed by atoms with Crippen molar-refractivity contribution in [2.24, 2.45) is 0 Å². The zero-order chi connectivity index (χ0) is 76.8. The van der Waals surface area contributed by atoms with Crippen LogP contribution in [0.3, 0.4) is 0 Å². The van der Waals surface area contributed by atoms with Crippen LogP contribution in [0.5, 0.6) is 23.0 Å². The monoisotopic (exact) mass is 1490 g/mol. The van der Waals surface area contributed by atoms with Gasteiger partial charge in [0.15, 0.2) is 34.6 Å². The molecular formula is C108H74N6O2. The van der Waals surface area contributed by atoms with Crippen molar-refractivity contribution in [1.29, 1.82) is 0 Å². The Labute approximate surface area is 673 Å². The number of rotatable bonds is 14. The molecule has 2 aliphatic rings. The van der Waals surface area contributed by atoms with Gasteiger partial charge in [0.2, 0.25) is 0 Å². The third-order valence-electron chi connectivity index (χ3n) is 22.3. The van der Waals surface area contributed by atoms with E-state index in [2.05, 4.69) is 478 Å². The van der Waals surface area contributed by atoms with Gasteiger partial charge in [-0.2, -0.15) is 0 Å². The molecule has 0 N–H and O–H groups in total. The van der Waals surface area contributed by atoms with Gasteiger partial charge < -0.3 is 19.3 Å². The molecule has 0 spiro atoms. The van der Waals surface area contributed by atoms with Gasteiger partial charge in [0.1, 0.15) is 0 Å². The molecule has 0 atom stereocenters. The van der Waals surface area contributed by atoms with Crippen LogP contribution in [0.2, 0.25) is 0 Å². The predicted octanol–water partition coefficient (Wildman–Crippen LogP) is 30.3. The molecule has 0 saturated heterocycles. The minimum atomic E-state index is 0.790. The maximum Gasteiger partial charge on any atom is 0.178 e. The topological polar surface area (TPSA) is 41.3 Å². The number of fused-ring (bicyclic) bond motifs is 10. The fourth-order valence-corrected chi connectivity index (χ4v) is 16.9. The first kappa shape index (κ1) is 68.4. The molecular weight excluding hydrogens is 1410 g/mol. The van der Waals surface area contributed by atoms with Crippen LogP contribution in [-0.4, -0.2) is 9.13 Å². The number of benzene rings is 18. The van der Waals surface area contributed by atoms with Gasteiger partial charge >= 0.3 is 0 Å². The highest BCUT2D eigenvalue weighted by Gasteiger charge is 2.36. The number of anilines is 12. The van der Waals surface area contributed by atoms with Gasteiger partial charge in [0.25, 0.3) is 0 Å². The zero-order valence-corrected chi connectivity index (χ0v) is 63.2. The van der Waals surface area contributed by atoms with Crippen molar-refractivity contribution in [1.82, 2.24) is 9.13 Å². The van der Waals surface area contributed by atoms with Crippen LogP contribution in [0.15, 0.2) is 449 Å². The Hall–Kier alpha value is -15.6. The summed E-state index contributed by atoms with van der Waals surface area (Å²) in [6, 6.07) is 159. The number of hydrogen-bond donors (Lipinski definition) is 0. The lowest BCUT2D eigenvalue weighted by atomic mass is 9.97. The summed E-state index contributed by atoms with van der Waals surface area (Å²) in [4.78, 5) is 9.39. The standard InChI is InChI=1S/C58H39N3O.C50H35N3O/c1-3-19-44(20-4-1)60-54-28-12-11-25-53(54)57-58(60)61(45-21-5-2-6-22-45)55-39-48(37-38-56(55)62-57)59(46-33-29-42(30-34-46)51-26-13-17-40-15-7-9-23-49(40)51)47-35-31-43(32-36-47)52-27-14-18-41-16-8-10-24-50(41)52;1-5-15-36(16-6-1)38-25-29-42(30-26-38)51(43-31-27-39(28-32-43)37-17-7-2-8-18-37)44-33-34-48-47(35-44)53(41-21-11-4-12-22-41)50-49(54-48)45-23-13-14-24-46(45)52(50)40-19-9-3-10-20-40/h1-39H;1-35H. The summed E-state index contributed by atoms with van der Waals surface area (Å²) in [5.74, 6) is 5.17. The van der Waals surface area contributed by atoms with Crippen LogP contribution in [0.25, 0.3) is 99.2 Å². The minimum Gasteiger partial charge on any atom is -0.451 e. The molecule has 22 rings (SSSR count). The summed E-state index contributed by atoms with van der Waals surface area (Å²) in [6.45, 7) is 0. The summed E-state index contributed by atoms with van der Waals surface area (Å²) in [5, 5.41) is 7.07. The van der Waals surface area contributed by atoms with Gasteiger partial charge in [-0.15, -0.1) is 0 Å². The largest absolute Gasteiger partial charge is 0.451 e. The summed E-state index contributed by atoms with van der Waals surface area (Å²) in [6.07, 6.45) is 0. The maximum atomic E-state index is 7.01. The molecule has 0 unspecified atom stereocenters. The molecule has 548 valence electrons. The third kappa shape index (κ3) is 12.4. The van der Waals surface area contributed by atoms with Crippen molar-refractivity contribution in [3.05, 3.63) is 449 Å². The average Bonchev–Trinajstić information content (AvgIpc) is 1.55. The molecule has 4 heterocycles. The normalized spacial score (nSPS) is 11.9. The molecule has 20 aromatic rings. The van der Waals surface area contributed by atoms with E-state index in [-0.39, 0.29) is 0 Å². The number of para-hydroxylation sites is 6. The first-order chi connectivity index (χ1) is 57.6. The highest BCUT2D eigenvalue weighted by molar-refractivity contribution is 6.05. The number of nitrogens with zero attached hydrogens (tertiary/aromatic N) is 6. The summed E-state index contributed by atoms with van der Waals surface area (Å²) < 4.78 is 18.6. The Morgan fingerprint density at radius 2 is 0.474 bits per heavy atom. The van der Waals surface area contributed by atoms with Crippen molar-refractivity contribution in [2.75, 3.05) is 19.6 Å². The van der Waals surface area contributed by atoms with Crippen LogP contribution in [0, 0.1) is 0 Å². The molecule has 8 heteroatoms. The molecule has 0 radical (unpaired) electrons. The van der Waals surface area contributed by atoms with Crippen molar-refractivity contribution >= 4 is 112 Å². The average molecular weight is 1490 g/mol. The van der Waals surface area contributed by atoms with Gasteiger partial charge in [-0.3, -0.25) is 18.9 Å². The first-order valence-corrected chi connectivity index (χ1v) is 39.4. The van der Waals surface area contributed by atoms with Crippen LogP contribution in [0.4, 0.5) is 68.5 Å². The fourth-order valence-electron chi connectivity index (χ4n) is 16.9. The molecule has 0 aliphatic carbocycles. The van der Waals surface area contributed by atoms with E-state index >= 15 is 0 Å². The molecule has 8 nitrogen and oxygen atoms in total. The second-order valence-electron chi connectivity index (χ2n) is 29.2. The Balaban J connectivity index is 0.000000146. The van der Waals surface area contributed by atoms with E-state index in [0.717, 1.165) is 125 Å². The molecule has 18 aromatic carbocycles. The van der Waals surface area contributed by atoms with Crippen molar-refractivity contribution in [3.8, 4) is 78.9 Å². The van der Waals surface area contributed by atoms with Crippen LogP contribution in [0.1, 0.15) is 0 Å². The molecule has 0 amide bonds. The third-order valence-corrected chi connectivity index (χ3v) is 22.3. The van der Waals surface area contributed by atoms with E-state index in [1.807, 2.05) is 0 Å². The van der Waals surface area contributed by atoms with Gasteiger partial charge in [0.05, 0.1) is 22.4 Å². The zero-order valence-electron chi connectivity index (χ0n) is 63.2. The molecule has 2 aliphatic heterocycles. The summed E-state index contributed by atoms with van der Waals surface area (Å²) in [7, 11) is 0. The number of ether oxygens (including phenoxy) is 2. The van der Waals surface area contributed by atoms with Crippen LogP contribution in [-0.2, 0) is 0 Å². The second-order valence-corrected chi connectivity index (χ2v) is 29.2.